The predicted molar refractivity (Wildman–Crippen MR) is 83.4 cm³/mol. The molecule has 0 fully saturated rings. The summed E-state index contributed by atoms with van der Waals surface area (Å²) in [6.07, 6.45) is 3.95. The van der Waals surface area contributed by atoms with E-state index in [9.17, 15) is 8.42 Å². The first-order valence-electron chi connectivity index (χ1n) is 6.03. The third kappa shape index (κ3) is 3.81. The molecule has 3 N–H and O–H groups in total. The number of H-pyrrole nitrogens is 1. The molecule has 2 rings (SSSR count). The Hall–Kier alpha value is -0.900. The highest BCUT2D eigenvalue weighted by Crippen LogP contribution is 2.32. The predicted octanol–water partition coefficient (Wildman–Crippen LogP) is 2.53. The van der Waals surface area contributed by atoms with Crippen molar-refractivity contribution in [3.63, 3.8) is 0 Å². The Labute approximate surface area is 130 Å². The highest BCUT2D eigenvalue weighted by atomic mass is 79.9. The maximum absolute atomic E-state index is 12.3. The molecule has 9 heteroatoms. The summed E-state index contributed by atoms with van der Waals surface area (Å²) in [5.74, 6) is 0. The number of hydrogen-bond acceptors (Lipinski definition) is 5. The molecule has 0 aliphatic heterocycles. The molecular formula is C11H15BrN4O2S2. The molecule has 6 nitrogen and oxygen atoms in total. The van der Waals surface area contributed by atoms with Gasteiger partial charge >= 0.3 is 0 Å². The fourth-order valence-corrected chi connectivity index (χ4v) is 5.26. The van der Waals surface area contributed by atoms with Crippen molar-refractivity contribution in [2.45, 2.75) is 24.8 Å². The topological polar surface area (TPSA) is 86.9 Å². The third-order valence-electron chi connectivity index (χ3n) is 2.47. The average Bonchev–Trinajstić information content (AvgIpc) is 2.99. The van der Waals surface area contributed by atoms with Gasteiger partial charge in [0, 0.05) is 17.6 Å². The molecule has 0 bridgehead atoms. The van der Waals surface area contributed by atoms with Crippen molar-refractivity contribution in [3.05, 3.63) is 27.1 Å². The van der Waals surface area contributed by atoms with Gasteiger partial charge in [0.05, 0.1) is 15.7 Å². The number of anilines is 1. The van der Waals surface area contributed by atoms with Crippen molar-refractivity contribution >= 4 is 43.0 Å². The summed E-state index contributed by atoms with van der Waals surface area (Å²) in [6.45, 7) is 3.66. The van der Waals surface area contributed by atoms with E-state index in [1.807, 2.05) is 0 Å². The SMILES string of the molecule is CCCNCc1cc(S(=O)(=O)Nc2cn[nH]c2)c(Br)s1. The molecule has 0 aromatic carbocycles. The van der Waals surface area contributed by atoms with Gasteiger partial charge in [-0.15, -0.1) is 11.3 Å². The summed E-state index contributed by atoms with van der Waals surface area (Å²) in [5.41, 5.74) is 0.411. The van der Waals surface area contributed by atoms with E-state index in [0.717, 1.165) is 17.8 Å². The number of sulfonamides is 1. The number of aromatic nitrogens is 2. The van der Waals surface area contributed by atoms with Crippen LogP contribution in [-0.4, -0.2) is 25.2 Å². The highest BCUT2D eigenvalue weighted by Gasteiger charge is 2.21. The van der Waals surface area contributed by atoms with Crippen LogP contribution in [0.4, 0.5) is 5.69 Å². The number of aromatic amines is 1. The molecule has 2 aromatic rings. The minimum absolute atomic E-state index is 0.247. The molecule has 0 radical (unpaired) electrons. The van der Waals surface area contributed by atoms with Gasteiger partial charge in [-0.05, 0) is 35.0 Å². The van der Waals surface area contributed by atoms with Gasteiger partial charge < -0.3 is 5.32 Å². The summed E-state index contributed by atoms with van der Waals surface area (Å²) in [6, 6.07) is 1.68. The number of nitrogens with zero attached hydrogens (tertiary/aromatic N) is 1. The summed E-state index contributed by atoms with van der Waals surface area (Å²) >= 11 is 4.73. The van der Waals surface area contributed by atoms with E-state index in [1.54, 1.807) is 6.07 Å². The second-order valence-electron chi connectivity index (χ2n) is 4.12. The second-order valence-corrected chi connectivity index (χ2v) is 8.23. The van der Waals surface area contributed by atoms with Crippen LogP contribution in [0, 0.1) is 0 Å². The standard InChI is InChI=1S/C11H15BrN4O2S2/c1-2-3-13-7-9-4-10(11(12)19-9)20(17,18)16-8-5-14-15-6-8/h4-6,13,16H,2-3,7H2,1H3,(H,14,15). The molecule has 0 saturated carbocycles. The number of halogens is 1. The van der Waals surface area contributed by atoms with Gasteiger partial charge in [-0.1, -0.05) is 6.92 Å². The molecule has 0 aliphatic carbocycles. The Balaban J connectivity index is 2.15. The number of thiophene rings is 1. The molecule has 2 heterocycles. The normalized spacial score (nSPS) is 11.7. The van der Waals surface area contributed by atoms with Gasteiger partial charge in [0.2, 0.25) is 0 Å². The van der Waals surface area contributed by atoms with E-state index in [2.05, 4.69) is 43.1 Å². The zero-order valence-electron chi connectivity index (χ0n) is 10.8. The van der Waals surface area contributed by atoms with Crippen LogP contribution in [0.3, 0.4) is 0 Å². The van der Waals surface area contributed by atoms with Gasteiger partial charge in [0.1, 0.15) is 4.90 Å². The van der Waals surface area contributed by atoms with Gasteiger partial charge in [0.25, 0.3) is 10.0 Å². The van der Waals surface area contributed by atoms with Crippen molar-refractivity contribution in [2.24, 2.45) is 0 Å². The summed E-state index contributed by atoms with van der Waals surface area (Å²) < 4.78 is 27.6. The Morgan fingerprint density at radius 3 is 2.95 bits per heavy atom. The highest BCUT2D eigenvalue weighted by molar-refractivity contribution is 9.11. The fraction of sp³-hybridized carbons (Fsp3) is 0.364. The quantitative estimate of drug-likeness (QED) is 0.646. The smallest absolute Gasteiger partial charge is 0.263 e. The molecular weight excluding hydrogens is 364 g/mol. The summed E-state index contributed by atoms with van der Waals surface area (Å²) in [4.78, 5) is 1.22. The van der Waals surface area contributed by atoms with Crippen LogP contribution in [0.1, 0.15) is 18.2 Å². The average molecular weight is 379 g/mol. The zero-order valence-corrected chi connectivity index (χ0v) is 14.0. The van der Waals surface area contributed by atoms with Crippen LogP contribution >= 0.6 is 27.3 Å². The van der Waals surface area contributed by atoms with Crippen LogP contribution < -0.4 is 10.0 Å². The van der Waals surface area contributed by atoms with Gasteiger partial charge in [-0.2, -0.15) is 5.10 Å². The van der Waals surface area contributed by atoms with Crippen LogP contribution in [-0.2, 0) is 16.6 Å². The lowest BCUT2D eigenvalue weighted by atomic mass is 10.4. The summed E-state index contributed by atoms with van der Waals surface area (Å²) in [5, 5.41) is 9.52. The Morgan fingerprint density at radius 1 is 1.50 bits per heavy atom. The van der Waals surface area contributed by atoms with Crippen molar-refractivity contribution in [2.75, 3.05) is 11.3 Å². The molecule has 0 amide bonds. The van der Waals surface area contributed by atoms with Crippen molar-refractivity contribution in [3.8, 4) is 0 Å². The van der Waals surface area contributed by atoms with Crippen LogP contribution in [0.25, 0.3) is 0 Å². The molecule has 0 atom stereocenters. The van der Waals surface area contributed by atoms with Crippen molar-refractivity contribution in [1.29, 1.82) is 0 Å². The minimum Gasteiger partial charge on any atom is -0.312 e. The third-order valence-corrected chi connectivity index (χ3v) is 6.11. The van der Waals surface area contributed by atoms with E-state index < -0.39 is 10.0 Å². The molecule has 0 unspecified atom stereocenters. The van der Waals surface area contributed by atoms with Gasteiger partial charge in [-0.3, -0.25) is 9.82 Å². The molecule has 2 aromatic heterocycles. The van der Waals surface area contributed by atoms with E-state index in [0.29, 0.717) is 16.0 Å². The number of hydrogen-bond donors (Lipinski definition) is 3. The van der Waals surface area contributed by atoms with Crippen molar-refractivity contribution < 1.29 is 8.42 Å². The number of rotatable bonds is 7. The zero-order chi connectivity index (χ0) is 14.6. The van der Waals surface area contributed by atoms with Gasteiger partial charge in [-0.25, -0.2) is 8.42 Å². The lowest BCUT2D eigenvalue weighted by Gasteiger charge is -2.03. The van der Waals surface area contributed by atoms with E-state index in [1.165, 1.54) is 23.7 Å². The first-order valence-corrected chi connectivity index (χ1v) is 9.12. The molecule has 0 spiro atoms. The first-order chi connectivity index (χ1) is 9.53. The fourth-order valence-electron chi connectivity index (χ4n) is 1.57. The monoisotopic (exact) mass is 378 g/mol. The van der Waals surface area contributed by atoms with Crippen molar-refractivity contribution in [1.82, 2.24) is 15.5 Å². The maximum Gasteiger partial charge on any atom is 0.263 e. The second kappa shape index (κ2) is 6.70. The molecule has 0 saturated heterocycles. The maximum atomic E-state index is 12.3. The van der Waals surface area contributed by atoms with Crippen LogP contribution in [0.15, 0.2) is 27.1 Å². The molecule has 110 valence electrons. The van der Waals surface area contributed by atoms with Gasteiger partial charge in [0.15, 0.2) is 0 Å². The van der Waals surface area contributed by atoms with Crippen LogP contribution in [0.2, 0.25) is 0 Å². The van der Waals surface area contributed by atoms with E-state index >= 15 is 0 Å². The minimum atomic E-state index is -3.60. The Bertz CT molecular complexity index is 652. The number of nitrogens with one attached hydrogen (secondary N) is 3. The molecule has 0 aliphatic rings. The largest absolute Gasteiger partial charge is 0.312 e. The van der Waals surface area contributed by atoms with E-state index in [4.69, 9.17) is 0 Å². The Kier molecular flexibility index (Phi) is 5.19. The Morgan fingerprint density at radius 2 is 2.30 bits per heavy atom. The lowest BCUT2D eigenvalue weighted by Crippen LogP contribution is -2.13. The summed E-state index contributed by atoms with van der Waals surface area (Å²) in [7, 11) is -3.60. The molecule has 20 heavy (non-hydrogen) atoms. The first kappa shape index (κ1) is 15.5. The van der Waals surface area contributed by atoms with Crippen LogP contribution in [0.5, 0.6) is 0 Å². The lowest BCUT2D eigenvalue weighted by molar-refractivity contribution is 0.601. The van der Waals surface area contributed by atoms with E-state index in [-0.39, 0.29) is 4.90 Å².